The first kappa shape index (κ1) is 15.2. The Morgan fingerprint density at radius 1 is 1.27 bits per heavy atom. The van der Waals surface area contributed by atoms with Gasteiger partial charge in [-0.1, -0.05) is 24.3 Å². The average Bonchev–Trinajstić information content (AvgIpc) is 3.14. The molecule has 22 heavy (non-hydrogen) atoms. The van der Waals surface area contributed by atoms with Crippen molar-refractivity contribution in [3.63, 3.8) is 0 Å². The fourth-order valence-corrected chi connectivity index (χ4v) is 4.50. The van der Waals surface area contributed by atoms with Crippen molar-refractivity contribution in [2.75, 3.05) is 6.54 Å². The summed E-state index contributed by atoms with van der Waals surface area (Å²) in [6, 6.07) is 10.9. The molecule has 2 N–H and O–H groups in total. The van der Waals surface area contributed by atoms with Gasteiger partial charge in [0.1, 0.15) is 4.21 Å². The van der Waals surface area contributed by atoms with Crippen molar-refractivity contribution >= 4 is 32.3 Å². The van der Waals surface area contributed by atoms with Gasteiger partial charge in [0.25, 0.3) is 0 Å². The van der Waals surface area contributed by atoms with Gasteiger partial charge in [0.05, 0.1) is 6.10 Å². The quantitative estimate of drug-likeness (QED) is 0.751. The SMILES string of the molecule is Cn1cc([C@H](O)CNS(=O)(=O)c2cccs2)c2ccccc21. The summed E-state index contributed by atoms with van der Waals surface area (Å²) < 4.78 is 28.8. The monoisotopic (exact) mass is 336 g/mol. The second-order valence-corrected chi connectivity index (χ2v) is 7.95. The molecule has 0 radical (unpaired) electrons. The molecule has 1 aromatic carbocycles. The van der Waals surface area contributed by atoms with E-state index in [2.05, 4.69) is 4.72 Å². The molecule has 1 atom stereocenters. The molecule has 0 saturated carbocycles. The summed E-state index contributed by atoms with van der Waals surface area (Å²) in [6.07, 6.45) is 0.926. The average molecular weight is 336 g/mol. The lowest BCUT2D eigenvalue weighted by atomic mass is 10.1. The Hall–Kier alpha value is -1.67. The summed E-state index contributed by atoms with van der Waals surface area (Å²) in [5.41, 5.74) is 1.71. The summed E-state index contributed by atoms with van der Waals surface area (Å²) in [6.45, 7) is -0.0613. The van der Waals surface area contributed by atoms with E-state index in [1.54, 1.807) is 11.4 Å². The van der Waals surface area contributed by atoms with Crippen molar-refractivity contribution in [2.45, 2.75) is 10.3 Å². The Bertz CT molecular complexity index is 883. The molecule has 0 aliphatic carbocycles. The van der Waals surface area contributed by atoms with Crippen LogP contribution in [0.1, 0.15) is 11.7 Å². The number of para-hydroxylation sites is 1. The summed E-state index contributed by atoms with van der Waals surface area (Å²) in [4.78, 5) is 0. The first-order valence-electron chi connectivity index (χ1n) is 6.74. The fraction of sp³-hybridized carbons (Fsp3) is 0.200. The van der Waals surface area contributed by atoms with Gasteiger partial charge in [-0.05, 0) is 17.5 Å². The Morgan fingerprint density at radius 2 is 2.05 bits per heavy atom. The van der Waals surface area contributed by atoms with E-state index in [0.29, 0.717) is 5.56 Å². The van der Waals surface area contributed by atoms with Crippen LogP contribution in [-0.4, -0.2) is 24.6 Å². The van der Waals surface area contributed by atoms with Crippen LogP contribution in [-0.2, 0) is 17.1 Å². The van der Waals surface area contributed by atoms with Crippen LogP contribution in [0.4, 0.5) is 0 Å². The van der Waals surface area contributed by atoms with Crippen molar-refractivity contribution in [2.24, 2.45) is 7.05 Å². The number of aliphatic hydroxyl groups is 1. The van der Waals surface area contributed by atoms with Gasteiger partial charge in [0, 0.05) is 36.3 Å². The lowest BCUT2D eigenvalue weighted by Gasteiger charge is -2.11. The molecule has 116 valence electrons. The van der Waals surface area contributed by atoms with E-state index in [0.717, 1.165) is 22.2 Å². The summed E-state index contributed by atoms with van der Waals surface area (Å²) in [7, 11) is -1.67. The number of hydrogen-bond donors (Lipinski definition) is 2. The number of rotatable bonds is 5. The fourth-order valence-electron chi connectivity index (χ4n) is 2.42. The van der Waals surface area contributed by atoms with Crippen molar-refractivity contribution in [3.8, 4) is 0 Å². The van der Waals surface area contributed by atoms with Crippen molar-refractivity contribution < 1.29 is 13.5 Å². The topological polar surface area (TPSA) is 71.3 Å². The van der Waals surface area contributed by atoms with E-state index in [1.807, 2.05) is 42.1 Å². The molecule has 5 nitrogen and oxygen atoms in total. The van der Waals surface area contributed by atoms with Gasteiger partial charge in [-0.15, -0.1) is 11.3 Å². The second-order valence-electron chi connectivity index (χ2n) is 5.01. The maximum absolute atomic E-state index is 12.1. The van der Waals surface area contributed by atoms with Crippen LogP contribution in [0.15, 0.2) is 52.2 Å². The van der Waals surface area contributed by atoms with Gasteiger partial charge in [-0.2, -0.15) is 0 Å². The zero-order chi connectivity index (χ0) is 15.7. The summed E-state index contributed by atoms with van der Waals surface area (Å²) >= 11 is 1.15. The minimum absolute atomic E-state index is 0.0613. The van der Waals surface area contributed by atoms with E-state index in [4.69, 9.17) is 0 Å². The molecule has 0 spiro atoms. The normalized spacial score (nSPS) is 13.5. The maximum atomic E-state index is 12.1. The molecule has 0 fully saturated rings. The molecular weight excluding hydrogens is 320 g/mol. The van der Waals surface area contributed by atoms with Gasteiger partial charge in [0.15, 0.2) is 0 Å². The molecule has 0 bridgehead atoms. The zero-order valence-corrected chi connectivity index (χ0v) is 13.6. The third-order valence-electron chi connectivity index (χ3n) is 3.51. The van der Waals surface area contributed by atoms with Gasteiger partial charge in [-0.3, -0.25) is 0 Å². The number of aromatic nitrogens is 1. The predicted octanol–water partition coefficient (Wildman–Crippen LogP) is 2.25. The van der Waals surface area contributed by atoms with Crippen LogP contribution in [0.2, 0.25) is 0 Å². The molecular formula is C15H16N2O3S2. The molecule has 2 aromatic heterocycles. The van der Waals surface area contributed by atoms with Crippen LogP contribution >= 0.6 is 11.3 Å². The molecule has 3 aromatic rings. The Labute approximate surface area is 132 Å². The first-order valence-corrected chi connectivity index (χ1v) is 9.10. The molecule has 0 saturated heterocycles. The van der Waals surface area contributed by atoms with E-state index in [1.165, 1.54) is 6.07 Å². The molecule has 0 unspecified atom stereocenters. The van der Waals surface area contributed by atoms with E-state index >= 15 is 0 Å². The number of hydrogen-bond acceptors (Lipinski definition) is 4. The second kappa shape index (κ2) is 5.85. The van der Waals surface area contributed by atoms with Crippen molar-refractivity contribution in [1.29, 1.82) is 0 Å². The Kier molecular flexibility index (Phi) is 4.05. The number of nitrogens with zero attached hydrogens (tertiary/aromatic N) is 1. The van der Waals surface area contributed by atoms with E-state index < -0.39 is 16.1 Å². The zero-order valence-electron chi connectivity index (χ0n) is 11.9. The van der Waals surface area contributed by atoms with Crippen molar-refractivity contribution in [1.82, 2.24) is 9.29 Å². The third kappa shape index (κ3) is 2.80. The standard InChI is InChI=1S/C15H16N2O3S2/c1-17-10-12(11-5-2-3-6-13(11)17)14(18)9-16-22(19,20)15-7-4-8-21-15/h2-8,10,14,16,18H,9H2,1H3/t14-/m1/s1. The maximum Gasteiger partial charge on any atom is 0.250 e. The summed E-state index contributed by atoms with van der Waals surface area (Å²) in [5.74, 6) is 0. The highest BCUT2D eigenvalue weighted by atomic mass is 32.2. The number of sulfonamides is 1. The Balaban J connectivity index is 1.81. The summed E-state index contributed by atoms with van der Waals surface area (Å²) in [5, 5.41) is 13.0. The highest BCUT2D eigenvalue weighted by Gasteiger charge is 2.19. The van der Waals surface area contributed by atoms with E-state index in [9.17, 15) is 13.5 Å². The number of fused-ring (bicyclic) bond motifs is 1. The number of nitrogens with one attached hydrogen (secondary N) is 1. The highest BCUT2D eigenvalue weighted by molar-refractivity contribution is 7.91. The smallest absolute Gasteiger partial charge is 0.250 e. The first-order chi connectivity index (χ1) is 10.5. The molecule has 7 heteroatoms. The molecule has 2 heterocycles. The lowest BCUT2D eigenvalue weighted by Crippen LogP contribution is -2.27. The number of benzene rings is 1. The van der Waals surface area contributed by atoms with Crippen LogP contribution < -0.4 is 4.72 Å². The number of aliphatic hydroxyl groups excluding tert-OH is 1. The van der Waals surface area contributed by atoms with Gasteiger partial charge in [0.2, 0.25) is 10.0 Å². The van der Waals surface area contributed by atoms with Gasteiger partial charge >= 0.3 is 0 Å². The minimum Gasteiger partial charge on any atom is -0.387 e. The number of thiophene rings is 1. The van der Waals surface area contributed by atoms with Crippen LogP contribution in [0, 0.1) is 0 Å². The molecule has 0 amide bonds. The van der Waals surface area contributed by atoms with Gasteiger partial charge in [-0.25, -0.2) is 13.1 Å². The number of aryl methyl sites for hydroxylation is 1. The minimum atomic E-state index is -3.56. The van der Waals surface area contributed by atoms with Crippen LogP contribution in [0.25, 0.3) is 10.9 Å². The Morgan fingerprint density at radius 3 is 2.77 bits per heavy atom. The largest absolute Gasteiger partial charge is 0.387 e. The van der Waals surface area contributed by atoms with Crippen molar-refractivity contribution in [3.05, 3.63) is 53.5 Å². The van der Waals surface area contributed by atoms with Crippen LogP contribution in [0.3, 0.4) is 0 Å². The van der Waals surface area contributed by atoms with E-state index in [-0.39, 0.29) is 10.8 Å². The molecule has 3 rings (SSSR count). The lowest BCUT2D eigenvalue weighted by molar-refractivity contribution is 0.183. The van der Waals surface area contributed by atoms with Crippen LogP contribution in [0.5, 0.6) is 0 Å². The third-order valence-corrected chi connectivity index (χ3v) is 6.33. The molecule has 0 aliphatic rings. The highest BCUT2D eigenvalue weighted by Crippen LogP contribution is 2.26. The molecule has 0 aliphatic heterocycles. The van der Waals surface area contributed by atoms with Gasteiger partial charge < -0.3 is 9.67 Å². The predicted molar refractivity (Wildman–Crippen MR) is 87.4 cm³/mol.